The number of carboxylic acid groups (broad SMARTS) is 1. The summed E-state index contributed by atoms with van der Waals surface area (Å²) in [5, 5.41) is 12.9. The van der Waals surface area contributed by atoms with E-state index < -0.39 is 5.97 Å². The van der Waals surface area contributed by atoms with E-state index in [0.29, 0.717) is 11.0 Å². The van der Waals surface area contributed by atoms with Crippen molar-refractivity contribution in [2.45, 2.75) is 0 Å². The van der Waals surface area contributed by atoms with Crippen molar-refractivity contribution in [2.75, 3.05) is 0 Å². The largest absolute Gasteiger partial charge is 0.478 e. The van der Waals surface area contributed by atoms with Crippen molar-refractivity contribution in [3.05, 3.63) is 41.3 Å². The first-order valence-corrected chi connectivity index (χ1v) is 4.45. The monoisotopic (exact) mass is 223 g/mol. The minimum absolute atomic E-state index is 0.108. The number of rotatable bonds is 2. The molecule has 0 atom stereocenters. The van der Waals surface area contributed by atoms with E-state index in [2.05, 4.69) is 10.1 Å². The number of aromatic carboxylic acids is 1. The molecule has 0 aliphatic rings. The molecule has 0 aliphatic carbocycles. The molecule has 6 heteroatoms. The molecule has 2 aromatic heterocycles. The smallest absolute Gasteiger partial charge is 0.338 e. The maximum absolute atomic E-state index is 10.6. The lowest BCUT2D eigenvalue weighted by Gasteiger charge is -1.98. The van der Waals surface area contributed by atoms with Gasteiger partial charge >= 0.3 is 5.97 Å². The van der Waals surface area contributed by atoms with Gasteiger partial charge in [-0.3, -0.25) is 0 Å². The molecule has 0 fully saturated rings. The first-order chi connectivity index (χ1) is 7.16. The molecule has 0 radical (unpaired) electrons. The van der Waals surface area contributed by atoms with Gasteiger partial charge in [-0.25, -0.2) is 14.5 Å². The Morgan fingerprint density at radius 3 is 2.87 bits per heavy atom. The average molecular weight is 224 g/mol. The van der Waals surface area contributed by atoms with Gasteiger partial charge in [0, 0.05) is 6.20 Å². The minimum Gasteiger partial charge on any atom is -0.478 e. The molecule has 2 aromatic rings. The van der Waals surface area contributed by atoms with Crippen LogP contribution in [-0.4, -0.2) is 25.8 Å². The molecule has 0 bridgehead atoms. The molecule has 0 spiro atoms. The second-order valence-electron chi connectivity index (χ2n) is 2.80. The van der Waals surface area contributed by atoms with Gasteiger partial charge in [0.25, 0.3) is 0 Å². The Bertz CT molecular complexity index is 510. The normalized spacial score (nSPS) is 10.2. The third-order valence-corrected chi connectivity index (χ3v) is 1.98. The number of hydrogen-bond donors (Lipinski definition) is 1. The quantitative estimate of drug-likeness (QED) is 0.786. The molecule has 0 aromatic carbocycles. The second-order valence-corrected chi connectivity index (χ2v) is 3.18. The van der Waals surface area contributed by atoms with Crippen molar-refractivity contribution in [3.8, 4) is 5.82 Å². The Morgan fingerprint density at radius 2 is 2.27 bits per heavy atom. The van der Waals surface area contributed by atoms with Crippen molar-refractivity contribution >= 4 is 17.6 Å². The van der Waals surface area contributed by atoms with Gasteiger partial charge < -0.3 is 5.11 Å². The van der Waals surface area contributed by atoms with Crippen LogP contribution in [0, 0.1) is 0 Å². The zero-order chi connectivity index (χ0) is 10.8. The Balaban J connectivity index is 2.41. The van der Waals surface area contributed by atoms with Crippen LogP contribution in [0.5, 0.6) is 0 Å². The molecular weight excluding hydrogens is 218 g/mol. The molecule has 0 saturated carbocycles. The molecule has 0 saturated heterocycles. The van der Waals surface area contributed by atoms with Crippen molar-refractivity contribution in [1.29, 1.82) is 0 Å². The number of pyridine rings is 1. The molecule has 2 rings (SSSR count). The predicted molar refractivity (Wildman–Crippen MR) is 53.3 cm³/mol. The standard InChI is InChI=1S/C9H6ClN3O2/c10-7-2-1-3-8(12-7)13-5-6(4-11-13)9(14)15/h1-5H,(H,14,15). The molecule has 5 nitrogen and oxygen atoms in total. The zero-order valence-electron chi connectivity index (χ0n) is 7.46. The van der Waals surface area contributed by atoms with Crippen LogP contribution in [0.15, 0.2) is 30.6 Å². The fourth-order valence-electron chi connectivity index (χ4n) is 1.08. The number of aromatic nitrogens is 3. The highest BCUT2D eigenvalue weighted by Crippen LogP contribution is 2.09. The maximum Gasteiger partial charge on any atom is 0.338 e. The summed E-state index contributed by atoms with van der Waals surface area (Å²) in [4.78, 5) is 14.6. The van der Waals surface area contributed by atoms with E-state index in [0.717, 1.165) is 0 Å². The lowest BCUT2D eigenvalue weighted by molar-refractivity contribution is 0.0697. The van der Waals surface area contributed by atoms with E-state index in [1.165, 1.54) is 17.1 Å². The van der Waals surface area contributed by atoms with Crippen LogP contribution in [0.4, 0.5) is 0 Å². The van der Waals surface area contributed by atoms with Crippen LogP contribution < -0.4 is 0 Å². The molecule has 0 unspecified atom stereocenters. The third kappa shape index (κ3) is 1.97. The van der Waals surface area contributed by atoms with E-state index in [4.69, 9.17) is 16.7 Å². The minimum atomic E-state index is -1.02. The SMILES string of the molecule is O=C(O)c1cnn(-c2cccc(Cl)n2)c1. The number of halogens is 1. The van der Waals surface area contributed by atoms with E-state index in [1.54, 1.807) is 18.2 Å². The van der Waals surface area contributed by atoms with Crippen LogP contribution in [0.25, 0.3) is 5.82 Å². The highest BCUT2D eigenvalue weighted by atomic mass is 35.5. The van der Waals surface area contributed by atoms with Gasteiger partial charge in [0.1, 0.15) is 5.15 Å². The van der Waals surface area contributed by atoms with Crippen LogP contribution in [0.3, 0.4) is 0 Å². The Hall–Kier alpha value is -1.88. The summed E-state index contributed by atoms with van der Waals surface area (Å²) in [6.45, 7) is 0. The first-order valence-electron chi connectivity index (χ1n) is 4.08. The van der Waals surface area contributed by atoms with Crippen LogP contribution in [-0.2, 0) is 0 Å². The average Bonchev–Trinajstić information content (AvgIpc) is 2.66. The highest BCUT2D eigenvalue weighted by molar-refractivity contribution is 6.29. The molecule has 0 amide bonds. The Labute approximate surface area is 89.9 Å². The van der Waals surface area contributed by atoms with E-state index in [1.807, 2.05) is 0 Å². The lowest BCUT2D eigenvalue weighted by Crippen LogP contribution is -1.98. The van der Waals surface area contributed by atoms with Crippen LogP contribution in [0.2, 0.25) is 5.15 Å². The topological polar surface area (TPSA) is 68.0 Å². The third-order valence-electron chi connectivity index (χ3n) is 1.76. The fraction of sp³-hybridized carbons (Fsp3) is 0. The van der Waals surface area contributed by atoms with Gasteiger partial charge in [-0.2, -0.15) is 5.10 Å². The second kappa shape index (κ2) is 3.70. The van der Waals surface area contributed by atoms with Gasteiger partial charge in [-0.05, 0) is 12.1 Å². The van der Waals surface area contributed by atoms with Gasteiger partial charge in [0.05, 0.1) is 11.8 Å². The van der Waals surface area contributed by atoms with Gasteiger partial charge in [0.15, 0.2) is 5.82 Å². The highest BCUT2D eigenvalue weighted by Gasteiger charge is 2.07. The van der Waals surface area contributed by atoms with Crippen molar-refractivity contribution in [2.24, 2.45) is 0 Å². The Morgan fingerprint density at radius 1 is 1.47 bits per heavy atom. The number of nitrogens with zero attached hydrogens (tertiary/aromatic N) is 3. The van der Waals surface area contributed by atoms with Crippen molar-refractivity contribution in [3.63, 3.8) is 0 Å². The fourth-order valence-corrected chi connectivity index (χ4v) is 1.24. The molecule has 2 heterocycles. The zero-order valence-corrected chi connectivity index (χ0v) is 8.22. The molecule has 15 heavy (non-hydrogen) atoms. The van der Waals surface area contributed by atoms with Crippen LogP contribution in [0.1, 0.15) is 10.4 Å². The molecule has 1 N–H and O–H groups in total. The predicted octanol–water partition coefficient (Wildman–Crippen LogP) is 1.62. The number of hydrogen-bond acceptors (Lipinski definition) is 3. The summed E-state index contributed by atoms with van der Waals surface area (Å²) in [6, 6.07) is 5.03. The molecule has 76 valence electrons. The van der Waals surface area contributed by atoms with E-state index in [-0.39, 0.29) is 5.56 Å². The summed E-state index contributed by atoms with van der Waals surface area (Å²) in [5.41, 5.74) is 0.108. The molecular formula is C9H6ClN3O2. The summed E-state index contributed by atoms with van der Waals surface area (Å²) in [7, 11) is 0. The first kappa shape index (κ1) is 9.67. The number of carboxylic acids is 1. The summed E-state index contributed by atoms with van der Waals surface area (Å²) in [6.07, 6.45) is 2.63. The summed E-state index contributed by atoms with van der Waals surface area (Å²) in [5.74, 6) is -0.543. The summed E-state index contributed by atoms with van der Waals surface area (Å²) >= 11 is 5.70. The van der Waals surface area contributed by atoms with Gasteiger partial charge in [-0.1, -0.05) is 17.7 Å². The number of carbonyl (C=O) groups is 1. The van der Waals surface area contributed by atoms with Crippen molar-refractivity contribution in [1.82, 2.24) is 14.8 Å². The van der Waals surface area contributed by atoms with Gasteiger partial charge in [-0.15, -0.1) is 0 Å². The van der Waals surface area contributed by atoms with Crippen LogP contribution >= 0.6 is 11.6 Å². The summed E-state index contributed by atoms with van der Waals surface area (Å²) < 4.78 is 1.36. The van der Waals surface area contributed by atoms with E-state index >= 15 is 0 Å². The van der Waals surface area contributed by atoms with Gasteiger partial charge in [0.2, 0.25) is 0 Å². The lowest BCUT2D eigenvalue weighted by atomic mass is 10.4. The maximum atomic E-state index is 10.6. The molecule has 0 aliphatic heterocycles. The Kier molecular flexibility index (Phi) is 2.39. The van der Waals surface area contributed by atoms with Crippen molar-refractivity contribution < 1.29 is 9.90 Å². The van der Waals surface area contributed by atoms with E-state index in [9.17, 15) is 4.79 Å².